The second-order valence-corrected chi connectivity index (χ2v) is 5.07. The van der Waals surface area contributed by atoms with Crippen LogP contribution in [0, 0.1) is 0 Å². The van der Waals surface area contributed by atoms with Crippen LogP contribution in [0.1, 0.15) is 19.4 Å². The molecule has 0 amide bonds. The van der Waals surface area contributed by atoms with Gasteiger partial charge >= 0.3 is 0 Å². The van der Waals surface area contributed by atoms with Gasteiger partial charge in [0.25, 0.3) is 0 Å². The van der Waals surface area contributed by atoms with Gasteiger partial charge in [-0.15, -0.1) is 12.4 Å². The number of rotatable bonds is 3. The van der Waals surface area contributed by atoms with Crippen LogP contribution >= 0.6 is 12.4 Å². The smallest absolute Gasteiger partial charge is 0.0594 e. The Morgan fingerprint density at radius 3 is 2.29 bits per heavy atom. The summed E-state index contributed by atoms with van der Waals surface area (Å²) in [5.74, 6) is 0. The standard InChI is InChI=1S/C14H21NO.ClH/c1-14(2,15-8-10-16-11-9-15)12-13-6-4-3-5-7-13;/h3-7H,8-12H2,1-2H3;1H. The maximum absolute atomic E-state index is 5.40. The molecule has 1 aliphatic heterocycles. The molecule has 1 aromatic rings. The highest BCUT2D eigenvalue weighted by Crippen LogP contribution is 2.21. The summed E-state index contributed by atoms with van der Waals surface area (Å²) in [5, 5.41) is 0. The Balaban J connectivity index is 0.00000144. The lowest BCUT2D eigenvalue weighted by Gasteiger charge is -2.41. The molecule has 0 N–H and O–H groups in total. The number of ether oxygens (including phenoxy) is 1. The summed E-state index contributed by atoms with van der Waals surface area (Å²) in [6, 6.07) is 10.7. The third-order valence-corrected chi connectivity index (χ3v) is 3.35. The van der Waals surface area contributed by atoms with Crippen molar-refractivity contribution in [2.75, 3.05) is 26.3 Å². The van der Waals surface area contributed by atoms with Gasteiger partial charge in [0, 0.05) is 18.6 Å². The summed E-state index contributed by atoms with van der Waals surface area (Å²) in [7, 11) is 0. The quantitative estimate of drug-likeness (QED) is 0.824. The molecule has 0 aromatic heterocycles. The minimum Gasteiger partial charge on any atom is -0.379 e. The lowest BCUT2D eigenvalue weighted by atomic mass is 9.92. The Morgan fingerprint density at radius 2 is 1.71 bits per heavy atom. The molecule has 0 unspecified atom stereocenters. The predicted molar refractivity (Wildman–Crippen MR) is 73.9 cm³/mol. The second-order valence-electron chi connectivity index (χ2n) is 5.07. The Bertz CT molecular complexity index is 320. The van der Waals surface area contributed by atoms with Gasteiger partial charge in [-0.25, -0.2) is 0 Å². The van der Waals surface area contributed by atoms with E-state index in [1.165, 1.54) is 5.56 Å². The van der Waals surface area contributed by atoms with E-state index in [1.54, 1.807) is 0 Å². The molecule has 1 heterocycles. The number of hydrogen-bond donors (Lipinski definition) is 0. The fourth-order valence-corrected chi connectivity index (χ4v) is 2.38. The summed E-state index contributed by atoms with van der Waals surface area (Å²) in [6.07, 6.45) is 1.10. The van der Waals surface area contributed by atoms with E-state index in [-0.39, 0.29) is 17.9 Å². The van der Waals surface area contributed by atoms with Crippen LogP contribution in [0.25, 0.3) is 0 Å². The van der Waals surface area contributed by atoms with Crippen LogP contribution in [0.5, 0.6) is 0 Å². The minimum absolute atomic E-state index is 0. The molecule has 0 aliphatic carbocycles. The van der Waals surface area contributed by atoms with Crippen molar-refractivity contribution < 1.29 is 4.74 Å². The lowest BCUT2D eigenvalue weighted by Crippen LogP contribution is -2.51. The molecule has 0 bridgehead atoms. The molecule has 0 radical (unpaired) electrons. The van der Waals surface area contributed by atoms with E-state index in [0.29, 0.717) is 0 Å². The number of halogens is 1. The maximum Gasteiger partial charge on any atom is 0.0594 e. The van der Waals surface area contributed by atoms with E-state index in [9.17, 15) is 0 Å². The highest BCUT2D eigenvalue weighted by atomic mass is 35.5. The summed E-state index contributed by atoms with van der Waals surface area (Å²) in [5.41, 5.74) is 1.64. The molecule has 1 saturated heterocycles. The zero-order chi connectivity index (χ0) is 11.4. The van der Waals surface area contributed by atoms with Crippen LogP contribution in [0.2, 0.25) is 0 Å². The first kappa shape index (κ1) is 14.5. The molecule has 1 fully saturated rings. The first-order valence-corrected chi connectivity index (χ1v) is 6.05. The molecule has 2 rings (SSSR count). The maximum atomic E-state index is 5.40. The van der Waals surface area contributed by atoms with Gasteiger partial charge in [-0.2, -0.15) is 0 Å². The Kier molecular flexibility index (Phi) is 5.44. The van der Waals surface area contributed by atoms with Gasteiger partial charge in [0.15, 0.2) is 0 Å². The second kappa shape index (κ2) is 6.39. The van der Waals surface area contributed by atoms with Crippen LogP contribution < -0.4 is 0 Å². The molecular weight excluding hydrogens is 234 g/mol. The van der Waals surface area contributed by atoms with E-state index in [2.05, 4.69) is 49.1 Å². The Morgan fingerprint density at radius 1 is 1.12 bits per heavy atom. The highest BCUT2D eigenvalue weighted by Gasteiger charge is 2.28. The van der Waals surface area contributed by atoms with Gasteiger partial charge in [0.1, 0.15) is 0 Å². The zero-order valence-electron chi connectivity index (χ0n) is 10.7. The number of benzene rings is 1. The van der Waals surface area contributed by atoms with Crippen LogP contribution in [0.3, 0.4) is 0 Å². The van der Waals surface area contributed by atoms with Crippen LogP contribution in [-0.4, -0.2) is 36.7 Å². The molecule has 0 saturated carbocycles. The van der Waals surface area contributed by atoms with Crippen LogP contribution in [0.15, 0.2) is 30.3 Å². The molecule has 96 valence electrons. The Labute approximate surface area is 110 Å². The largest absolute Gasteiger partial charge is 0.379 e. The van der Waals surface area contributed by atoms with E-state index < -0.39 is 0 Å². The van der Waals surface area contributed by atoms with Crippen molar-refractivity contribution in [1.82, 2.24) is 4.90 Å². The highest BCUT2D eigenvalue weighted by molar-refractivity contribution is 5.85. The summed E-state index contributed by atoms with van der Waals surface area (Å²) < 4.78 is 5.40. The van der Waals surface area contributed by atoms with E-state index in [4.69, 9.17) is 4.74 Å². The monoisotopic (exact) mass is 255 g/mol. The fourth-order valence-electron chi connectivity index (χ4n) is 2.38. The van der Waals surface area contributed by atoms with Gasteiger partial charge in [-0.3, -0.25) is 4.90 Å². The zero-order valence-corrected chi connectivity index (χ0v) is 11.5. The molecule has 1 aliphatic rings. The summed E-state index contributed by atoms with van der Waals surface area (Å²) in [6.45, 7) is 8.51. The third-order valence-electron chi connectivity index (χ3n) is 3.35. The summed E-state index contributed by atoms with van der Waals surface area (Å²) >= 11 is 0. The molecule has 3 heteroatoms. The SMILES string of the molecule is CC(C)(Cc1ccccc1)N1CCOCC1.Cl. The molecule has 1 aromatic carbocycles. The molecule has 17 heavy (non-hydrogen) atoms. The number of hydrogen-bond acceptors (Lipinski definition) is 2. The average molecular weight is 256 g/mol. The van der Waals surface area contributed by atoms with Crippen molar-refractivity contribution in [2.45, 2.75) is 25.8 Å². The van der Waals surface area contributed by atoms with Crippen LogP contribution in [0.4, 0.5) is 0 Å². The van der Waals surface area contributed by atoms with Crippen molar-refractivity contribution >= 4 is 12.4 Å². The van der Waals surface area contributed by atoms with Crippen LogP contribution in [-0.2, 0) is 11.2 Å². The first-order chi connectivity index (χ1) is 7.68. The lowest BCUT2D eigenvalue weighted by molar-refractivity contribution is -0.00984. The van der Waals surface area contributed by atoms with Gasteiger partial charge in [0.05, 0.1) is 13.2 Å². The topological polar surface area (TPSA) is 12.5 Å². The average Bonchev–Trinajstić information content (AvgIpc) is 2.31. The van der Waals surface area contributed by atoms with Gasteiger partial charge < -0.3 is 4.74 Å². The van der Waals surface area contributed by atoms with Crippen molar-refractivity contribution in [3.8, 4) is 0 Å². The van der Waals surface area contributed by atoms with Gasteiger partial charge in [0.2, 0.25) is 0 Å². The van der Waals surface area contributed by atoms with Crippen molar-refractivity contribution in [3.05, 3.63) is 35.9 Å². The van der Waals surface area contributed by atoms with Crippen molar-refractivity contribution in [3.63, 3.8) is 0 Å². The molecule has 0 spiro atoms. The molecule has 2 nitrogen and oxygen atoms in total. The van der Waals surface area contributed by atoms with E-state index in [0.717, 1.165) is 32.7 Å². The van der Waals surface area contributed by atoms with E-state index in [1.807, 2.05) is 0 Å². The van der Waals surface area contributed by atoms with E-state index >= 15 is 0 Å². The van der Waals surface area contributed by atoms with Gasteiger partial charge in [-0.1, -0.05) is 30.3 Å². The molecule has 0 atom stereocenters. The van der Waals surface area contributed by atoms with Gasteiger partial charge in [-0.05, 0) is 25.8 Å². The van der Waals surface area contributed by atoms with Crippen molar-refractivity contribution in [2.24, 2.45) is 0 Å². The molecular formula is C14H22ClNO. The Hall–Kier alpha value is -0.570. The fraction of sp³-hybridized carbons (Fsp3) is 0.571. The normalized spacial score (nSPS) is 17.5. The minimum atomic E-state index is 0. The first-order valence-electron chi connectivity index (χ1n) is 6.05. The van der Waals surface area contributed by atoms with Crippen molar-refractivity contribution in [1.29, 1.82) is 0 Å². The summed E-state index contributed by atoms with van der Waals surface area (Å²) in [4.78, 5) is 2.53. The third kappa shape index (κ3) is 3.98. The number of morpholine rings is 1. The predicted octanol–water partition coefficient (Wildman–Crippen LogP) is 2.76. The number of nitrogens with zero attached hydrogens (tertiary/aromatic N) is 1.